The molecule has 1 rings (SSSR count). The number of sulfone groups is 1. The number of benzene rings is 1. The minimum absolute atomic E-state index is 0.0885. The maximum absolute atomic E-state index is 11.0. The van der Waals surface area contributed by atoms with Crippen molar-refractivity contribution in [3.8, 4) is 5.75 Å². The third-order valence-electron chi connectivity index (χ3n) is 1.56. The van der Waals surface area contributed by atoms with Crippen molar-refractivity contribution in [3.63, 3.8) is 0 Å². The van der Waals surface area contributed by atoms with Crippen molar-refractivity contribution >= 4 is 27.4 Å². The molecule has 0 unspecified atom stereocenters. The van der Waals surface area contributed by atoms with Crippen LogP contribution in [-0.4, -0.2) is 25.1 Å². The largest absolute Gasteiger partial charge is 0.507 e. The normalized spacial score (nSPS) is 11.2. The second-order valence-corrected chi connectivity index (χ2v) is 4.86. The van der Waals surface area contributed by atoms with Crippen LogP contribution in [0, 0.1) is 0 Å². The molecule has 0 aliphatic heterocycles. The number of phenols is 1. The molecule has 0 aliphatic carbocycles. The van der Waals surface area contributed by atoms with Gasteiger partial charge in [0.25, 0.3) is 0 Å². The van der Waals surface area contributed by atoms with Crippen molar-refractivity contribution in [1.82, 2.24) is 0 Å². The Kier molecular flexibility index (Phi) is 2.68. The molecule has 13 heavy (non-hydrogen) atoms. The lowest BCUT2D eigenvalue weighted by atomic mass is 10.2. The second-order valence-electron chi connectivity index (χ2n) is 2.61. The van der Waals surface area contributed by atoms with Gasteiger partial charge >= 0.3 is 0 Å². The predicted octanol–water partition coefficient (Wildman–Crippen LogP) is 1.14. The summed E-state index contributed by atoms with van der Waals surface area (Å²) in [6, 6.07) is 4.07. The lowest BCUT2D eigenvalue weighted by Gasteiger charge is -2.01. The summed E-state index contributed by atoms with van der Waals surface area (Å²) in [5.41, 5.74) is 0.447. The van der Waals surface area contributed by atoms with Gasteiger partial charge in [-0.05, 0) is 18.2 Å². The molecule has 0 aliphatic rings. The van der Waals surface area contributed by atoms with Gasteiger partial charge in [0.2, 0.25) is 0 Å². The number of hydrogen-bond acceptors (Lipinski definition) is 4. The third kappa shape index (κ3) is 2.26. The molecule has 0 aromatic heterocycles. The van der Waals surface area contributed by atoms with Crippen molar-refractivity contribution in [2.45, 2.75) is 4.90 Å². The summed E-state index contributed by atoms with van der Waals surface area (Å²) in [7, 11) is -3.26. The first-order chi connectivity index (χ1) is 5.95. The number of phenolic OH excluding ortho intramolecular Hbond substituents is 1. The number of thiocarbonyl (C=S) groups is 1. The van der Waals surface area contributed by atoms with Crippen molar-refractivity contribution in [1.29, 1.82) is 0 Å². The highest BCUT2D eigenvalue weighted by Crippen LogP contribution is 2.20. The molecule has 0 spiro atoms. The molecule has 0 heterocycles. The molecule has 5 heteroatoms. The lowest BCUT2D eigenvalue weighted by molar-refractivity contribution is 0.472. The molecular weight excluding hydrogens is 208 g/mol. The van der Waals surface area contributed by atoms with E-state index < -0.39 is 9.84 Å². The molecule has 1 N–H and O–H groups in total. The molecule has 1 aromatic carbocycles. The van der Waals surface area contributed by atoms with E-state index in [-0.39, 0.29) is 10.6 Å². The van der Waals surface area contributed by atoms with E-state index in [2.05, 4.69) is 12.2 Å². The van der Waals surface area contributed by atoms with Crippen molar-refractivity contribution in [2.75, 3.05) is 6.26 Å². The van der Waals surface area contributed by atoms with E-state index in [0.29, 0.717) is 5.56 Å². The summed E-state index contributed by atoms with van der Waals surface area (Å²) in [4.78, 5) is 0.0885. The fourth-order valence-corrected chi connectivity index (χ4v) is 1.69. The molecule has 0 saturated heterocycles. The highest BCUT2D eigenvalue weighted by Gasteiger charge is 2.08. The van der Waals surface area contributed by atoms with Gasteiger partial charge in [-0.3, -0.25) is 0 Å². The first-order valence-corrected chi connectivity index (χ1v) is 5.79. The molecule has 1 aromatic rings. The summed E-state index contributed by atoms with van der Waals surface area (Å²) in [6.45, 7) is 0. The van der Waals surface area contributed by atoms with Gasteiger partial charge in [0.05, 0.1) is 4.90 Å². The minimum atomic E-state index is -3.26. The Labute approximate surface area is 81.9 Å². The molecule has 70 valence electrons. The quantitative estimate of drug-likeness (QED) is 0.753. The Bertz CT molecular complexity index is 435. The van der Waals surface area contributed by atoms with Gasteiger partial charge in [-0.15, -0.1) is 0 Å². The zero-order chi connectivity index (χ0) is 10.1. The Hall–Kier alpha value is -0.940. The Morgan fingerprint density at radius 2 is 2.08 bits per heavy atom. The summed E-state index contributed by atoms with van der Waals surface area (Å²) in [5, 5.41) is 10.6. The Morgan fingerprint density at radius 1 is 1.46 bits per heavy atom. The predicted molar refractivity (Wildman–Crippen MR) is 54.0 cm³/mol. The number of hydrogen-bond donors (Lipinski definition) is 1. The summed E-state index contributed by atoms with van der Waals surface area (Å²) in [6.07, 6.45) is 1.08. The SMILES string of the molecule is CS(=O)(=O)c1ccc(C=S)c(O)c1. The van der Waals surface area contributed by atoms with Crippen molar-refractivity contribution < 1.29 is 13.5 Å². The highest BCUT2D eigenvalue weighted by molar-refractivity contribution is 7.90. The van der Waals surface area contributed by atoms with Crippen LogP contribution in [-0.2, 0) is 9.84 Å². The van der Waals surface area contributed by atoms with Gasteiger partial charge in [-0.1, -0.05) is 12.2 Å². The lowest BCUT2D eigenvalue weighted by Crippen LogP contribution is -1.97. The van der Waals surface area contributed by atoms with Crippen LogP contribution in [0.25, 0.3) is 0 Å². The summed E-state index contributed by atoms with van der Waals surface area (Å²) >= 11 is 4.61. The maximum Gasteiger partial charge on any atom is 0.175 e. The van der Waals surface area contributed by atoms with E-state index in [9.17, 15) is 13.5 Å². The van der Waals surface area contributed by atoms with Gasteiger partial charge < -0.3 is 5.11 Å². The van der Waals surface area contributed by atoms with Crippen molar-refractivity contribution in [2.24, 2.45) is 0 Å². The Morgan fingerprint density at radius 3 is 2.46 bits per heavy atom. The monoisotopic (exact) mass is 216 g/mol. The van der Waals surface area contributed by atoms with Crippen LogP contribution < -0.4 is 0 Å². The average molecular weight is 216 g/mol. The average Bonchev–Trinajstić information content (AvgIpc) is 2.02. The van der Waals surface area contributed by atoms with Crippen LogP contribution in [0.15, 0.2) is 23.1 Å². The van der Waals surface area contributed by atoms with E-state index in [1.165, 1.54) is 23.6 Å². The van der Waals surface area contributed by atoms with Gasteiger partial charge in [0, 0.05) is 17.2 Å². The summed E-state index contributed by atoms with van der Waals surface area (Å²) < 4.78 is 22.1. The number of rotatable bonds is 2. The van der Waals surface area contributed by atoms with Gasteiger partial charge in [0.15, 0.2) is 9.84 Å². The van der Waals surface area contributed by atoms with Crippen LogP contribution in [0.3, 0.4) is 0 Å². The second kappa shape index (κ2) is 3.43. The smallest absolute Gasteiger partial charge is 0.175 e. The van der Waals surface area contributed by atoms with Crippen LogP contribution in [0.4, 0.5) is 0 Å². The molecular formula is C8H8O3S2. The van der Waals surface area contributed by atoms with Crippen LogP contribution in [0.5, 0.6) is 5.75 Å². The molecule has 0 radical (unpaired) electrons. The standard InChI is InChI=1S/C8H8O3S2/c1-13(10,11)7-3-2-6(5-12)8(9)4-7/h2-5,9H,1H3. The minimum Gasteiger partial charge on any atom is -0.507 e. The zero-order valence-electron chi connectivity index (χ0n) is 6.89. The van der Waals surface area contributed by atoms with E-state index in [1.807, 2.05) is 0 Å². The van der Waals surface area contributed by atoms with Crippen molar-refractivity contribution in [3.05, 3.63) is 23.8 Å². The molecule has 0 saturated carbocycles. The molecule has 0 atom stereocenters. The van der Waals surface area contributed by atoms with Crippen LogP contribution in [0.1, 0.15) is 5.56 Å². The molecule has 0 amide bonds. The maximum atomic E-state index is 11.0. The fraction of sp³-hybridized carbons (Fsp3) is 0.125. The summed E-state index contributed by atoms with van der Waals surface area (Å²) in [5.74, 6) is -0.113. The zero-order valence-corrected chi connectivity index (χ0v) is 8.52. The van der Waals surface area contributed by atoms with E-state index in [1.54, 1.807) is 0 Å². The number of aromatic hydroxyl groups is 1. The van der Waals surface area contributed by atoms with E-state index >= 15 is 0 Å². The highest BCUT2D eigenvalue weighted by atomic mass is 32.2. The van der Waals surface area contributed by atoms with Crippen LogP contribution >= 0.6 is 12.2 Å². The van der Waals surface area contributed by atoms with Gasteiger partial charge in [0.1, 0.15) is 5.75 Å². The first kappa shape index (κ1) is 10.1. The van der Waals surface area contributed by atoms with Gasteiger partial charge in [-0.2, -0.15) is 0 Å². The van der Waals surface area contributed by atoms with Crippen LogP contribution in [0.2, 0.25) is 0 Å². The topological polar surface area (TPSA) is 54.4 Å². The molecule has 3 nitrogen and oxygen atoms in total. The van der Waals surface area contributed by atoms with E-state index in [0.717, 1.165) is 6.26 Å². The Balaban J connectivity index is 3.34. The van der Waals surface area contributed by atoms with Gasteiger partial charge in [-0.25, -0.2) is 8.42 Å². The first-order valence-electron chi connectivity index (χ1n) is 3.43. The molecule has 0 fully saturated rings. The van der Waals surface area contributed by atoms with E-state index in [4.69, 9.17) is 0 Å². The third-order valence-corrected chi connectivity index (χ3v) is 2.92. The fourth-order valence-electron chi connectivity index (χ4n) is 0.854. The molecule has 0 bridgehead atoms.